The minimum absolute atomic E-state index is 0.0605. The topological polar surface area (TPSA) is 72.5 Å². The number of carbonyl (C=O) groups is 1. The molecule has 26 heavy (non-hydrogen) atoms. The summed E-state index contributed by atoms with van der Waals surface area (Å²) in [6, 6.07) is 0. The number of carbonyl (C=O) groups excluding carboxylic acids is 1. The molecule has 7 nitrogen and oxygen atoms in total. The minimum Gasteiger partial charge on any atom is -0.464 e. The first-order valence-electron chi connectivity index (χ1n) is 9.87. The average molecular weight is 370 g/mol. The highest BCUT2D eigenvalue weighted by molar-refractivity contribution is 5.70. The van der Waals surface area contributed by atoms with Crippen molar-refractivity contribution in [2.24, 2.45) is 23.7 Å². The lowest BCUT2D eigenvalue weighted by Gasteiger charge is -2.60. The average Bonchev–Trinajstić information content (AvgIpc) is 2.83. The van der Waals surface area contributed by atoms with E-state index in [2.05, 4.69) is 13.8 Å². The quantitative estimate of drug-likeness (QED) is 0.556. The lowest BCUT2D eigenvalue weighted by Crippen LogP contribution is -2.70. The van der Waals surface area contributed by atoms with Gasteiger partial charge in [-0.1, -0.05) is 13.8 Å². The molecule has 2 bridgehead atoms. The van der Waals surface area contributed by atoms with Gasteiger partial charge in [-0.05, 0) is 44.9 Å². The van der Waals surface area contributed by atoms with E-state index >= 15 is 0 Å². The SMILES string of the molecule is CCOC(=O)COC1O[C@@H]2O[C@]3(C)CCC4[C@H](C)CCC([C@H]1C)[C@]42OO3. The highest BCUT2D eigenvalue weighted by Gasteiger charge is 2.69. The maximum Gasteiger partial charge on any atom is 0.332 e. The van der Waals surface area contributed by atoms with Crippen LogP contribution in [0.3, 0.4) is 0 Å². The van der Waals surface area contributed by atoms with Crippen LogP contribution >= 0.6 is 0 Å². The fraction of sp³-hybridized carbons (Fsp3) is 0.947. The van der Waals surface area contributed by atoms with Gasteiger partial charge in [0.05, 0.1) is 6.61 Å². The van der Waals surface area contributed by atoms with E-state index in [0.717, 1.165) is 25.7 Å². The Kier molecular flexibility index (Phi) is 4.80. The van der Waals surface area contributed by atoms with Gasteiger partial charge in [0.2, 0.25) is 5.79 Å². The molecular weight excluding hydrogens is 340 g/mol. The van der Waals surface area contributed by atoms with Crippen LogP contribution in [0.4, 0.5) is 0 Å². The molecule has 148 valence electrons. The zero-order valence-electron chi connectivity index (χ0n) is 16.1. The van der Waals surface area contributed by atoms with E-state index in [1.165, 1.54) is 0 Å². The number of fused-ring (bicyclic) bond motifs is 2. The second-order valence-corrected chi connectivity index (χ2v) is 8.39. The Morgan fingerprint density at radius 1 is 1.15 bits per heavy atom. The maximum absolute atomic E-state index is 11.7. The molecule has 4 aliphatic heterocycles. The summed E-state index contributed by atoms with van der Waals surface area (Å²) in [6.45, 7) is 8.27. The molecule has 0 aromatic heterocycles. The highest BCUT2D eigenvalue weighted by atomic mass is 17.3. The summed E-state index contributed by atoms with van der Waals surface area (Å²) in [5.41, 5.74) is -0.600. The summed E-state index contributed by atoms with van der Waals surface area (Å²) in [5, 5.41) is 0. The van der Waals surface area contributed by atoms with Crippen LogP contribution in [0.15, 0.2) is 0 Å². The van der Waals surface area contributed by atoms with Gasteiger partial charge in [0.15, 0.2) is 18.2 Å². The minimum atomic E-state index is -0.802. The van der Waals surface area contributed by atoms with Crippen molar-refractivity contribution in [1.29, 1.82) is 0 Å². The summed E-state index contributed by atoms with van der Waals surface area (Å²) in [4.78, 5) is 23.5. The third-order valence-electron chi connectivity index (χ3n) is 6.77. The van der Waals surface area contributed by atoms with Gasteiger partial charge in [-0.3, -0.25) is 0 Å². The molecular formula is C19H30O7. The Bertz CT molecular complexity index is 554. The maximum atomic E-state index is 11.7. The first-order valence-corrected chi connectivity index (χ1v) is 9.87. The Hall–Kier alpha value is -0.730. The van der Waals surface area contributed by atoms with Crippen molar-refractivity contribution in [3.8, 4) is 0 Å². The zero-order valence-corrected chi connectivity index (χ0v) is 16.1. The van der Waals surface area contributed by atoms with Crippen molar-refractivity contribution >= 4 is 5.97 Å². The summed E-state index contributed by atoms with van der Waals surface area (Å²) >= 11 is 0. The first kappa shape index (κ1) is 18.6. The molecule has 0 N–H and O–H groups in total. The van der Waals surface area contributed by atoms with Gasteiger partial charge in [-0.2, -0.15) is 0 Å². The van der Waals surface area contributed by atoms with E-state index < -0.39 is 24.0 Å². The van der Waals surface area contributed by atoms with Crippen LogP contribution in [-0.4, -0.2) is 43.2 Å². The molecule has 7 heteroatoms. The van der Waals surface area contributed by atoms with Crippen molar-refractivity contribution < 1.29 is 33.5 Å². The molecule has 0 radical (unpaired) electrons. The van der Waals surface area contributed by atoms with E-state index in [1.54, 1.807) is 6.92 Å². The van der Waals surface area contributed by atoms with Gasteiger partial charge in [-0.25, -0.2) is 14.6 Å². The fourth-order valence-electron chi connectivity index (χ4n) is 5.42. The summed E-state index contributed by atoms with van der Waals surface area (Å²) in [6.07, 6.45) is 2.83. The van der Waals surface area contributed by atoms with Gasteiger partial charge in [0, 0.05) is 18.3 Å². The van der Waals surface area contributed by atoms with Crippen LogP contribution in [0.25, 0.3) is 0 Å². The summed E-state index contributed by atoms with van der Waals surface area (Å²) < 4.78 is 23.2. The highest BCUT2D eigenvalue weighted by Crippen LogP contribution is 2.60. The lowest BCUT2D eigenvalue weighted by atomic mass is 9.58. The molecule has 0 amide bonds. The van der Waals surface area contributed by atoms with Gasteiger partial charge in [0.25, 0.3) is 0 Å². The van der Waals surface area contributed by atoms with Crippen molar-refractivity contribution in [2.75, 3.05) is 13.2 Å². The smallest absolute Gasteiger partial charge is 0.332 e. The molecule has 0 aromatic carbocycles. The molecule has 0 aromatic rings. The monoisotopic (exact) mass is 370 g/mol. The zero-order chi connectivity index (χ0) is 18.5. The van der Waals surface area contributed by atoms with Crippen molar-refractivity contribution in [2.45, 2.75) is 77.3 Å². The molecule has 5 fully saturated rings. The number of hydrogen-bond acceptors (Lipinski definition) is 7. The van der Waals surface area contributed by atoms with Crippen molar-refractivity contribution in [1.82, 2.24) is 0 Å². The first-order chi connectivity index (χ1) is 12.4. The van der Waals surface area contributed by atoms with E-state index in [4.69, 9.17) is 28.7 Å². The van der Waals surface area contributed by atoms with Crippen molar-refractivity contribution in [3.63, 3.8) is 0 Å². The van der Waals surface area contributed by atoms with Crippen molar-refractivity contribution in [3.05, 3.63) is 0 Å². The lowest BCUT2D eigenvalue weighted by molar-refractivity contribution is -0.577. The van der Waals surface area contributed by atoms with Crippen LogP contribution in [0.5, 0.6) is 0 Å². The number of ether oxygens (including phenoxy) is 4. The Morgan fingerprint density at radius 2 is 1.96 bits per heavy atom. The molecule has 4 heterocycles. The van der Waals surface area contributed by atoms with Gasteiger partial charge >= 0.3 is 5.97 Å². The molecule has 3 unspecified atom stereocenters. The Labute approximate surface area is 154 Å². The van der Waals surface area contributed by atoms with Crippen LogP contribution in [-0.2, 0) is 33.5 Å². The Balaban J connectivity index is 1.59. The van der Waals surface area contributed by atoms with Crippen LogP contribution in [0.2, 0.25) is 0 Å². The van der Waals surface area contributed by atoms with E-state index in [-0.39, 0.29) is 24.4 Å². The van der Waals surface area contributed by atoms with Gasteiger partial charge < -0.3 is 18.9 Å². The molecule has 1 spiro atoms. The third kappa shape index (κ3) is 2.79. The largest absolute Gasteiger partial charge is 0.464 e. The predicted octanol–water partition coefficient (Wildman–Crippen LogP) is 2.77. The van der Waals surface area contributed by atoms with Crippen LogP contribution in [0.1, 0.15) is 53.4 Å². The van der Waals surface area contributed by atoms with E-state index in [0.29, 0.717) is 18.4 Å². The molecule has 4 saturated heterocycles. The van der Waals surface area contributed by atoms with Gasteiger partial charge in [-0.15, -0.1) is 0 Å². The van der Waals surface area contributed by atoms with Gasteiger partial charge in [0.1, 0.15) is 6.61 Å². The summed E-state index contributed by atoms with van der Waals surface area (Å²) in [5.74, 6) is -0.0847. The molecule has 5 aliphatic rings. The second-order valence-electron chi connectivity index (χ2n) is 8.39. The molecule has 1 saturated carbocycles. The molecule has 8 atom stereocenters. The van der Waals surface area contributed by atoms with Crippen LogP contribution < -0.4 is 0 Å². The predicted molar refractivity (Wildman–Crippen MR) is 89.4 cm³/mol. The summed E-state index contributed by atoms with van der Waals surface area (Å²) in [7, 11) is 0. The number of hydrogen-bond donors (Lipinski definition) is 0. The standard InChI is InChI=1S/C19H30O7/c1-5-21-15(20)10-22-16-12(3)14-7-6-11(2)13-8-9-18(4)24-17(23-16)19(13,14)26-25-18/h11-14,16-17H,5-10H2,1-4H3/t11-,12-,13?,14?,16?,17-,18+,19-/m1/s1. The van der Waals surface area contributed by atoms with Crippen LogP contribution in [0, 0.1) is 23.7 Å². The third-order valence-corrected chi connectivity index (χ3v) is 6.77. The fourth-order valence-corrected chi connectivity index (χ4v) is 5.42. The normalized spacial score (nSPS) is 50.0. The van der Waals surface area contributed by atoms with E-state index in [9.17, 15) is 4.79 Å². The second kappa shape index (κ2) is 6.71. The molecule has 1 aliphatic carbocycles. The number of esters is 1. The Morgan fingerprint density at radius 3 is 2.73 bits per heavy atom. The van der Waals surface area contributed by atoms with E-state index in [1.807, 2.05) is 6.92 Å². The number of rotatable bonds is 4. The molecule has 5 rings (SSSR count).